The van der Waals surface area contributed by atoms with Gasteiger partial charge >= 0.3 is 12.0 Å². The summed E-state index contributed by atoms with van der Waals surface area (Å²) in [5.74, 6) is -0.588. The molecular formula is C13H24N2O5S. The van der Waals surface area contributed by atoms with Gasteiger partial charge in [-0.1, -0.05) is 12.8 Å². The maximum absolute atomic E-state index is 11.9. The second-order valence-corrected chi connectivity index (χ2v) is 7.59. The number of carboxylic acid groups (broad SMARTS) is 1. The fourth-order valence-corrected chi connectivity index (χ4v) is 3.48. The molecule has 0 bridgehead atoms. The molecule has 21 heavy (non-hydrogen) atoms. The highest BCUT2D eigenvalue weighted by molar-refractivity contribution is 7.91. The van der Waals surface area contributed by atoms with Crippen LogP contribution in [0, 0.1) is 0 Å². The van der Waals surface area contributed by atoms with E-state index >= 15 is 0 Å². The molecule has 122 valence electrons. The smallest absolute Gasteiger partial charge is 0.317 e. The molecule has 0 aliphatic carbocycles. The standard InChI is InChI=1S/C13H24N2O5S/c16-12(17)6-3-1-2-4-7-14-13(18)15-8-5-10-21(19,20)11-9-15/h1-11H2,(H,14,18)(H,16,17). The van der Waals surface area contributed by atoms with Gasteiger partial charge < -0.3 is 15.3 Å². The molecule has 0 radical (unpaired) electrons. The summed E-state index contributed by atoms with van der Waals surface area (Å²) in [6.45, 7) is 1.27. The van der Waals surface area contributed by atoms with Crippen molar-refractivity contribution in [3.8, 4) is 0 Å². The fourth-order valence-electron chi connectivity index (χ4n) is 2.20. The molecule has 1 aliphatic rings. The van der Waals surface area contributed by atoms with Crippen molar-refractivity contribution in [3.05, 3.63) is 0 Å². The predicted molar refractivity (Wildman–Crippen MR) is 79.0 cm³/mol. The van der Waals surface area contributed by atoms with Gasteiger partial charge in [0.15, 0.2) is 9.84 Å². The first-order valence-electron chi connectivity index (χ1n) is 7.36. The van der Waals surface area contributed by atoms with Gasteiger partial charge in [0.05, 0.1) is 11.5 Å². The van der Waals surface area contributed by atoms with Crippen molar-refractivity contribution in [2.24, 2.45) is 0 Å². The summed E-state index contributed by atoms with van der Waals surface area (Å²) in [7, 11) is -3.00. The maximum atomic E-state index is 11.9. The van der Waals surface area contributed by atoms with E-state index in [9.17, 15) is 18.0 Å². The first-order valence-corrected chi connectivity index (χ1v) is 9.18. The molecule has 0 aromatic heterocycles. The second kappa shape index (κ2) is 8.86. The number of hydrogen-bond acceptors (Lipinski definition) is 4. The summed E-state index contributed by atoms with van der Waals surface area (Å²) in [6.07, 6.45) is 3.86. The number of amides is 2. The Balaban J connectivity index is 2.12. The summed E-state index contributed by atoms with van der Waals surface area (Å²) in [5.41, 5.74) is 0. The molecule has 8 heteroatoms. The zero-order valence-corrected chi connectivity index (χ0v) is 13.0. The molecular weight excluding hydrogens is 296 g/mol. The average Bonchev–Trinajstić information content (AvgIpc) is 2.58. The highest BCUT2D eigenvalue weighted by Gasteiger charge is 2.21. The van der Waals surface area contributed by atoms with E-state index in [1.807, 2.05) is 0 Å². The van der Waals surface area contributed by atoms with Crippen LogP contribution in [0.4, 0.5) is 4.79 Å². The second-order valence-electron chi connectivity index (χ2n) is 5.28. The average molecular weight is 320 g/mol. The zero-order valence-electron chi connectivity index (χ0n) is 12.2. The molecule has 1 rings (SSSR count). The summed E-state index contributed by atoms with van der Waals surface area (Å²) < 4.78 is 22.9. The lowest BCUT2D eigenvalue weighted by molar-refractivity contribution is -0.137. The van der Waals surface area contributed by atoms with E-state index in [2.05, 4.69) is 5.32 Å². The number of nitrogens with zero attached hydrogens (tertiary/aromatic N) is 1. The lowest BCUT2D eigenvalue weighted by Crippen LogP contribution is -2.41. The van der Waals surface area contributed by atoms with Crippen molar-refractivity contribution in [1.29, 1.82) is 0 Å². The Kier molecular flexibility index (Phi) is 7.49. The van der Waals surface area contributed by atoms with Gasteiger partial charge in [-0.25, -0.2) is 13.2 Å². The van der Waals surface area contributed by atoms with E-state index in [0.29, 0.717) is 25.9 Å². The Morgan fingerprint density at radius 3 is 2.48 bits per heavy atom. The summed E-state index contributed by atoms with van der Waals surface area (Å²) in [4.78, 5) is 23.8. The van der Waals surface area contributed by atoms with E-state index < -0.39 is 15.8 Å². The Morgan fingerprint density at radius 2 is 1.76 bits per heavy atom. The van der Waals surface area contributed by atoms with Crippen LogP contribution in [0.15, 0.2) is 0 Å². The number of urea groups is 1. The SMILES string of the molecule is O=C(O)CCCCCCNC(=O)N1CCCS(=O)(=O)CC1. The highest BCUT2D eigenvalue weighted by Crippen LogP contribution is 2.06. The third-order valence-corrected chi connectivity index (χ3v) is 5.15. The van der Waals surface area contributed by atoms with Gasteiger partial charge in [0.25, 0.3) is 0 Å². The van der Waals surface area contributed by atoms with Crippen LogP contribution in [0.3, 0.4) is 0 Å². The lowest BCUT2D eigenvalue weighted by Gasteiger charge is -2.20. The Hall–Kier alpha value is -1.31. The van der Waals surface area contributed by atoms with Gasteiger partial charge in [0.1, 0.15) is 0 Å². The number of aliphatic carboxylic acids is 1. The summed E-state index contributed by atoms with van der Waals surface area (Å²) >= 11 is 0. The zero-order chi connectivity index (χ0) is 15.7. The van der Waals surface area contributed by atoms with Crippen LogP contribution in [0.25, 0.3) is 0 Å². The number of nitrogens with one attached hydrogen (secondary N) is 1. The first-order chi connectivity index (χ1) is 9.91. The van der Waals surface area contributed by atoms with Gasteiger partial charge in [0.2, 0.25) is 0 Å². The predicted octanol–water partition coefficient (Wildman–Crippen LogP) is 0.852. The molecule has 0 aromatic rings. The molecule has 1 aliphatic heterocycles. The minimum atomic E-state index is -3.00. The topological polar surface area (TPSA) is 104 Å². The number of carbonyl (C=O) groups excluding carboxylic acids is 1. The van der Waals surface area contributed by atoms with Crippen molar-refractivity contribution >= 4 is 21.8 Å². The third-order valence-electron chi connectivity index (χ3n) is 3.44. The van der Waals surface area contributed by atoms with Gasteiger partial charge in [0, 0.05) is 26.1 Å². The molecule has 1 fully saturated rings. The first kappa shape index (κ1) is 17.7. The molecule has 0 atom stereocenters. The molecule has 0 saturated carbocycles. The van der Waals surface area contributed by atoms with Crippen LogP contribution in [0.1, 0.15) is 38.5 Å². The van der Waals surface area contributed by atoms with Crippen LogP contribution < -0.4 is 5.32 Å². The van der Waals surface area contributed by atoms with E-state index in [4.69, 9.17) is 5.11 Å². The molecule has 2 amide bonds. The van der Waals surface area contributed by atoms with Crippen molar-refractivity contribution in [3.63, 3.8) is 0 Å². The van der Waals surface area contributed by atoms with Gasteiger partial charge in [-0.05, 0) is 19.3 Å². The number of carboxylic acids is 1. The van der Waals surface area contributed by atoms with Crippen LogP contribution in [0.5, 0.6) is 0 Å². The number of hydrogen-bond donors (Lipinski definition) is 2. The summed E-state index contributed by atoms with van der Waals surface area (Å²) in [5, 5.41) is 11.3. The minimum Gasteiger partial charge on any atom is -0.481 e. The van der Waals surface area contributed by atoms with Gasteiger partial charge in [-0.2, -0.15) is 0 Å². The summed E-state index contributed by atoms with van der Waals surface area (Å²) in [6, 6.07) is -0.211. The van der Waals surface area contributed by atoms with Crippen LogP contribution in [0.2, 0.25) is 0 Å². The minimum absolute atomic E-state index is 0.0373. The molecule has 0 aromatic carbocycles. The molecule has 0 unspecified atom stereocenters. The van der Waals surface area contributed by atoms with E-state index in [0.717, 1.165) is 19.3 Å². The number of rotatable bonds is 7. The Morgan fingerprint density at radius 1 is 1.05 bits per heavy atom. The molecule has 1 heterocycles. The molecule has 1 saturated heterocycles. The molecule has 2 N–H and O–H groups in total. The van der Waals surface area contributed by atoms with Crippen molar-refractivity contribution in [2.75, 3.05) is 31.1 Å². The number of carbonyl (C=O) groups is 2. The fraction of sp³-hybridized carbons (Fsp3) is 0.846. The van der Waals surface area contributed by atoms with Crippen molar-refractivity contribution < 1.29 is 23.1 Å². The normalized spacial score (nSPS) is 18.0. The van der Waals surface area contributed by atoms with E-state index in [-0.39, 0.29) is 30.5 Å². The Labute approximate surface area is 125 Å². The monoisotopic (exact) mass is 320 g/mol. The van der Waals surface area contributed by atoms with E-state index in [1.54, 1.807) is 4.90 Å². The van der Waals surface area contributed by atoms with Crippen LogP contribution in [-0.2, 0) is 14.6 Å². The number of unbranched alkanes of at least 4 members (excludes halogenated alkanes) is 3. The Bertz CT molecular complexity index is 449. The van der Waals surface area contributed by atoms with Gasteiger partial charge in [-0.3, -0.25) is 4.79 Å². The molecule has 0 spiro atoms. The maximum Gasteiger partial charge on any atom is 0.317 e. The van der Waals surface area contributed by atoms with Crippen molar-refractivity contribution in [2.45, 2.75) is 38.5 Å². The number of sulfone groups is 1. The van der Waals surface area contributed by atoms with Crippen LogP contribution >= 0.6 is 0 Å². The lowest BCUT2D eigenvalue weighted by atomic mass is 10.1. The molecule has 7 nitrogen and oxygen atoms in total. The van der Waals surface area contributed by atoms with Crippen molar-refractivity contribution in [1.82, 2.24) is 10.2 Å². The third kappa shape index (κ3) is 7.89. The largest absolute Gasteiger partial charge is 0.481 e. The van der Waals surface area contributed by atoms with Crippen LogP contribution in [-0.4, -0.2) is 61.6 Å². The quantitative estimate of drug-likeness (QED) is 0.677. The van der Waals surface area contributed by atoms with E-state index in [1.165, 1.54) is 0 Å². The highest BCUT2D eigenvalue weighted by atomic mass is 32.2. The van der Waals surface area contributed by atoms with Gasteiger partial charge in [-0.15, -0.1) is 0 Å².